The molecule has 0 radical (unpaired) electrons. The smallest absolute Gasteiger partial charge is 0.169 e. The van der Waals surface area contributed by atoms with Crippen molar-refractivity contribution in [1.29, 1.82) is 0 Å². The first-order valence-corrected chi connectivity index (χ1v) is 9.66. The molecule has 1 aliphatic carbocycles. The predicted octanol–water partition coefficient (Wildman–Crippen LogP) is 3.51. The van der Waals surface area contributed by atoms with Gasteiger partial charge in [0.05, 0.1) is 33.5 Å². The SMILES string of the molecule is CCC1(CC)O[C@H]2[C@H](O)CC(COCc3cc(OC)ccc3OC)=C(F)[C@H]2O1. The second kappa shape index (κ2) is 8.78. The van der Waals surface area contributed by atoms with Gasteiger partial charge in [0, 0.05) is 12.0 Å². The summed E-state index contributed by atoms with van der Waals surface area (Å²) in [5, 5.41) is 10.5. The Morgan fingerprint density at radius 2 is 1.89 bits per heavy atom. The Morgan fingerprint density at radius 3 is 2.54 bits per heavy atom. The largest absolute Gasteiger partial charge is 0.497 e. The maximum Gasteiger partial charge on any atom is 0.169 e. The molecule has 0 bridgehead atoms. The first-order valence-electron chi connectivity index (χ1n) is 9.66. The van der Waals surface area contributed by atoms with Gasteiger partial charge in [-0.05, 0) is 36.6 Å². The van der Waals surface area contributed by atoms with Gasteiger partial charge in [0.25, 0.3) is 0 Å². The second-order valence-electron chi connectivity index (χ2n) is 7.13. The summed E-state index contributed by atoms with van der Waals surface area (Å²) in [6.07, 6.45) is -1.03. The molecule has 3 atom stereocenters. The first kappa shape index (κ1) is 21.0. The Hall–Kier alpha value is -1.67. The fraction of sp³-hybridized carbons (Fsp3) is 0.619. The van der Waals surface area contributed by atoms with Crippen molar-refractivity contribution in [3.05, 3.63) is 35.2 Å². The number of hydrogen-bond donors (Lipinski definition) is 1. The highest BCUT2D eigenvalue weighted by Gasteiger charge is 2.52. The molecule has 0 unspecified atom stereocenters. The lowest BCUT2D eigenvalue weighted by Crippen LogP contribution is -2.40. The van der Waals surface area contributed by atoms with Crippen LogP contribution in [0.1, 0.15) is 38.7 Å². The highest BCUT2D eigenvalue weighted by Crippen LogP contribution is 2.43. The average molecular weight is 396 g/mol. The Kier molecular flexibility index (Phi) is 6.60. The number of aliphatic hydroxyl groups is 1. The Labute approximate surface area is 165 Å². The predicted molar refractivity (Wildman–Crippen MR) is 101 cm³/mol. The normalized spacial score (nSPS) is 26.3. The van der Waals surface area contributed by atoms with Gasteiger partial charge in [0.1, 0.15) is 29.5 Å². The lowest BCUT2D eigenvalue weighted by molar-refractivity contribution is -0.184. The van der Waals surface area contributed by atoms with E-state index in [1.165, 1.54) is 0 Å². The van der Waals surface area contributed by atoms with Gasteiger partial charge in [-0.3, -0.25) is 0 Å². The zero-order chi connectivity index (χ0) is 20.3. The zero-order valence-electron chi connectivity index (χ0n) is 16.9. The van der Waals surface area contributed by atoms with Crippen LogP contribution in [-0.2, 0) is 20.8 Å². The van der Waals surface area contributed by atoms with Crippen LogP contribution in [0.5, 0.6) is 11.5 Å². The van der Waals surface area contributed by atoms with Gasteiger partial charge in [-0.1, -0.05) is 13.8 Å². The van der Waals surface area contributed by atoms with Crippen molar-refractivity contribution in [2.75, 3.05) is 20.8 Å². The third-order valence-corrected chi connectivity index (χ3v) is 5.51. The number of benzene rings is 1. The van der Waals surface area contributed by atoms with E-state index < -0.39 is 29.9 Å². The monoisotopic (exact) mass is 396 g/mol. The van der Waals surface area contributed by atoms with E-state index >= 15 is 4.39 Å². The molecule has 28 heavy (non-hydrogen) atoms. The molecule has 1 aliphatic heterocycles. The lowest BCUT2D eigenvalue weighted by atomic mass is 9.91. The van der Waals surface area contributed by atoms with Gasteiger partial charge in [0.2, 0.25) is 0 Å². The summed E-state index contributed by atoms with van der Waals surface area (Å²) in [6, 6.07) is 5.42. The van der Waals surface area contributed by atoms with E-state index in [0.29, 0.717) is 29.9 Å². The number of rotatable bonds is 8. The fourth-order valence-electron chi connectivity index (χ4n) is 3.77. The quantitative estimate of drug-likeness (QED) is 0.725. The summed E-state index contributed by atoms with van der Waals surface area (Å²) >= 11 is 0. The van der Waals surface area contributed by atoms with E-state index in [1.54, 1.807) is 26.4 Å². The van der Waals surface area contributed by atoms with Crippen LogP contribution in [0.4, 0.5) is 4.39 Å². The van der Waals surface area contributed by atoms with Crippen LogP contribution in [0, 0.1) is 0 Å². The van der Waals surface area contributed by atoms with Gasteiger partial charge >= 0.3 is 0 Å². The molecule has 3 rings (SSSR count). The van der Waals surface area contributed by atoms with E-state index in [4.69, 9.17) is 23.7 Å². The number of aliphatic hydroxyl groups excluding tert-OH is 1. The topological polar surface area (TPSA) is 66.4 Å². The minimum Gasteiger partial charge on any atom is -0.497 e. The van der Waals surface area contributed by atoms with Crippen molar-refractivity contribution < 1.29 is 33.2 Å². The molecule has 6 nitrogen and oxygen atoms in total. The van der Waals surface area contributed by atoms with Crippen LogP contribution in [0.3, 0.4) is 0 Å². The van der Waals surface area contributed by atoms with E-state index in [1.807, 2.05) is 19.9 Å². The molecular weight excluding hydrogens is 367 g/mol. The van der Waals surface area contributed by atoms with Gasteiger partial charge in [-0.15, -0.1) is 0 Å². The minimum absolute atomic E-state index is 0.0566. The molecule has 1 aromatic rings. The molecule has 7 heteroatoms. The Morgan fingerprint density at radius 1 is 1.14 bits per heavy atom. The summed E-state index contributed by atoms with van der Waals surface area (Å²) in [7, 11) is 3.17. The van der Waals surface area contributed by atoms with Gasteiger partial charge < -0.3 is 28.8 Å². The summed E-state index contributed by atoms with van der Waals surface area (Å²) in [5.74, 6) is 0.129. The second-order valence-corrected chi connectivity index (χ2v) is 7.13. The molecule has 1 aromatic carbocycles. The van der Waals surface area contributed by atoms with Crippen molar-refractivity contribution in [3.63, 3.8) is 0 Å². The maximum atomic E-state index is 15.0. The van der Waals surface area contributed by atoms with Gasteiger partial charge in [-0.2, -0.15) is 0 Å². The van der Waals surface area contributed by atoms with Gasteiger partial charge in [-0.25, -0.2) is 4.39 Å². The Bertz CT molecular complexity index is 715. The molecule has 0 amide bonds. The molecule has 1 N–H and O–H groups in total. The number of halogens is 1. The van der Waals surface area contributed by atoms with Crippen LogP contribution >= 0.6 is 0 Å². The maximum absolute atomic E-state index is 15.0. The van der Waals surface area contributed by atoms with E-state index in [2.05, 4.69) is 0 Å². The number of fused-ring (bicyclic) bond motifs is 1. The van der Waals surface area contributed by atoms with Crippen molar-refractivity contribution in [2.24, 2.45) is 0 Å². The molecule has 0 aromatic heterocycles. The third kappa shape index (κ3) is 4.03. The zero-order valence-corrected chi connectivity index (χ0v) is 16.9. The minimum atomic E-state index is -0.881. The molecule has 0 saturated carbocycles. The molecule has 156 valence electrons. The van der Waals surface area contributed by atoms with Crippen molar-refractivity contribution >= 4 is 0 Å². The molecule has 0 spiro atoms. The molecule has 1 saturated heterocycles. The molecule has 2 aliphatic rings. The van der Waals surface area contributed by atoms with Crippen LogP contribution in [0.25, 0.3) is 0 Å². The lowest BCUT2D eigenvalue weighted by Gasteiger charge is -2.28. The van der Waals surface area contributed by atoms with Crippen LogP contribution in [0.15, 0.2) is 29.6 Å². The van der Waals surface area contributed by atoms with E-state index in [-0.39, 0.29) is 19.6 Å². The standard InChI is InChI=1S/C21H29FO6/c1-5-21(6-2)27-19-16(23)10-14(18(22)20(19)28-21)12-26-11-13-9-15(24-3)7-8-17(13)25-4/h7-9,16,19-20,23H,5-6,10-12H2,1-4H3/t16-,19+,20-/m1/s1. The fourth-order valence-corrected chi connectivity index (χ4v) is 3.77. The highest BCUT2D eigenvalue weighted by atomic mass is 19.1. The molecule has 1 heterocycles. The average Bonchev–Trinajstić information content (AvgIpc) is 3.13. The number of hydrogen-bond acceptors (Lipinski definition) is 6. The number of ether oxygens (including phenoxy) is 5. The van der Waals surface area contributed by atoms with Crippen molar-refractivity contribution in [2.45, 2.75) is 63.8 Å². The summed E-state index contributed by atoms with van der Waals surface area (Å²) in [5.41, 5.74) is 1.20. The molecule has 1 fully saturated rings. The van der Waals surface area contributed by atoms with Gasteiger partial charge in [0.15, 0.2) is 5.79 Å². The first-order chi connectivity index (χ1) is 13.5. The Balaban J connectivity index is 1.69. The van der Waals surface area contributed by atoms with Crippen LogP contribution in [0.2, 0.25) is 0 Å². The molecular formula is C21H29FO6. The summed E-state index contributed by atoms with van der Waals surface area (Å²) in [6.45, 7) is 4.15. The van der Waals surface area contributed by atoms with Crippen LogP contribution < -0.4 is 9.47 Å². The van der Waals surface area contributed by atoms with Crippen molar-refractivity contribution in [1.82, 2.24) is 0 Å². The summed E-state index contributed by atoms with van der Waals surface area (Å²) < 4.78 is 43.1. The van der Waals surface area contributed by atoms with E-state index in [0.717, 1.165) is 5.56 Å². The van der Waals surface area contributed by atoms with Crippen molar-refractivity contribution in [3.8, 4) is 11.5 Å². The van der Waals surface area contributed by atoms with E-state index in [9.17, 15) is 5.11 Å². The van der Waals surface area contributed by atoms with Crippen LogP contribution in [-0.4, -0.2) is 50.0 Å². The summed E-state index contributed by atoms with van der Waals surface area (Å²) in [4.78, 5) is 0. The third-order valence-electron chi connectivity index (χ3n) is 5.51. The number of methoxy groups -OCH3 is 2. The highest BCUT2D eigenvalue weighted by molar-refractivity contribution is 5.40.